The zero-order chi connectivity index (χ0) is 26.8. The first-order valence-electron chi connectivity index (χ1n) is 12.3. The highest BCUT2D eigenvalue weighted by Gasteiger charge is 2.25. The van der Waals surface area contributed by atoms with Crippen LogP contribution in [-0.4, -0.2) is 24.1 Å². The molecule has 0 aliphatic carbocycles. The van der Waals surface area contributed by atoms with Crippen molar-refractivity contribution in [3.05, 3.63) is 112 Å². The lowest BCUT2D eigenvalue weighted by Crippen LogP contribution is -2.31. The van der Waals surface area contributed by atoms with Gasteiger partial charge in [0.1, 0.15) is 17.1 Å². The van der Waals surface area contributed by atoms with Gasteiger partial charge >= 0.3 is 5.97 Å². The van der Waals surface area contributed by atoms with Crippen molar-refractivity contribution >= 4 is 22.8 Å². The summed E-state index contributed by atoms with van der Waals surface area (Å²) in [7, 11) is 1.29. The highest BCUT2D eigenvalue weighted by molar-refractivity contribution is 5.96. The van der Waals surface area contributed by atoms with Gasteiger partial charge in [-0.1, -0.05) is 65.3 Å². The van der Waals surface area contributed by atoms with E-state index >= 15 is 0 Å². The van der Waals surface area contributed by atoms with Crippen molar-refractivity contribution in [1.82, 2.24) is 10.5 Å². The van der Waals surface area contributed by atoms with Gasteiger partial charge in [-0.2, -0.15) is 0 Å². The third kappa shape index (κ3) is 4.95. The van der Waals surface area contributed by atoms with Crippen LogP contribution in [-0.2, 0) is 16.0 Å². The molecule has 0 bridgehead atoms. The first kappa shape index (κ1) is 25.0. The molecule has 0 saturated heterocycles. The van der Waals surface area contributed by atoms with E-state index in [9.17, 15) is 9.59 Å². The molecule has 2 aromatic heterocycles. The molecular weight excluding hydrogens is 480 g/mol. The molecule has 3 aromatic carbocycles. The van der Waals surface area contributed by atoms with E-state index in [1.54, 1.807) is 6.92 Å². The first-order valence-corrected chi connectivity index (χ1v) is 12.3. The van der Waals surface area contributed by atoms with Gasteiger partial charge in [-0.3, -0.25) is 4.79 Å². The number of amides is 1. The number of nitrogens with one attached hydrogen (secondary N) is 1. The molecule has 192 valence electrons. The third-order valence-corrected chi connectivity index (χ3v) is 6.61. The van der Waals surface area contributed by atoms with Crippen molar-refractivity contribution in [2.45, 2.75) is 33.2 Å². The number of fused-ring (bicyclic) bond motifs is 1. The predicted molar refractivity (Wildman–Crippen MR) is 144 cm³/mol. The second-order valence-corrected chi connectivity index (χ2v) is 9.38. The summed E-state index contributed by atoms with van der Waals surface area (Å²) >= 11 is 0. The molecule has 2 heterocycles. The fraction of sp³-hybridized carbons (Fsp3) is 0.194. The van der Waals surface area contributed by atoms with E-state index in [1.807, 2.05) is 54.6 Å². The summed E-state index contributed by atoms with van der Waals surface area (Å²) < 4.78 is 16.0. The van der Waals surface area contributed by atoms with Gasteiger partial charge in [-0.05, 0) is 61.2 Å². The Morgan fingerprint density at radius 1 is 0.974 bits per heavy atom. The van der Waals surface area contributed by atoms with E-state index in [2.05, 4.69) is 42.5 Å². The Morgan fingerprint density at radius 2 is 1.76 bits per heavy atom. The van der Waals surface area contributed by atoms with Crippen LogP contribution in [0.2, 0.25) is 0 Å². The SMILES string of the molecule is COC(=O)c1noc(C)c1-c1cc2cc(CC(=O)NC(c3ccccc3)c3ccc(C)cc3C)ccc2o1. The van der Waals surface area contributed by atoms with Gasteiger partial charge in [-0.15, -0.1) is 0 Å². The molecule has 0 saturated carbocycles. The highest BCUT2D eigenvalue weighted by Crippen LogP contribution is 2.33. The lowest BCUT2D eigenvalue weighted by Gasteiger charge is -2.22. The highest BCUT2D eigenvalue weighted by atomic mass is 16.5. The van der Waals surface area contributed by atoms with Crippen molar-refractivity contribution < 1.29 is 23.3 Å². The molecule has 0 aliphatic heterocycles. The normalized spacial score (nSPS) is 11.9. The molecule has 1 atom stereocenters. The van der Waals surface area contributed by atoms with Crippen molar-refractivity contribution in [2.75, 3.05) is 7.11 Å². The second-order valence-electron chi connectivity index (χ2n) is 9.38. The van der Waals surface area contributed by atoms with Crippen molar-refractivity contribution in [3.8, 4) is 11.3 Å². The molecule has 1 amide bonds. The number of aryl methyl sites for hydroxylation is 3. The van der Waals surface area contributed by atoms with Crippen LogP contribution in [0.4, 0.5) is 0 Å². The van der Waals surface area contributed by atoms with E-state index in [0.717, 1.165) is 27.6 Å². The molecule has 38 heavy (non-hydrogen) atoms. The van der Waals surface area contributed by atoms with E-state index in [1.165, 1.54) is 12.7 Å². The van der Waals surface area contributed by atoms with E-state index < -0.39 is 5.97 Å². The number of furan rings is 1. The summed E-state index contributed by atoms with van der Waals surface area (Å²) in [6.07, 6.45) is 0.199. The molecule has 7 heteroatoms. The monoisotopic (exact) mass is 508 g/mol. The van der Waals surface area contributed by atoms with Gasteiger partial charge in [0.2, 0.25) is 11.6 Å². The molecular formula is C31H28N2O5. The van der Waals surface area contributed by atoms with Gasteiger partial charge in [0.15, 0.2) is 0 Å². The summed E-state index contributed by atoms with van der Waals surface area (Å²) in [5.41, 5.74) is 6.36. The van der Waals surface area contributed by atoms with Gasteiger partial charge in [0.25, 0.3) is 0 Å². The second kappa shape index (κ2) is 10.4. The standard InChI is InChI=1S/C31H28N2O5/c1-18-10-12-24(19(2)14-18)29(22-8-6-5-7-9-22)32-27(34)16-21-11-13-25-23(15-21)17-26(37-25)28-20(3)38-33-30(28)31(35)36-4/h5-15,17,29H,16H2,1-4H3,(H,32,34). The number of carbonyl (C=O) groups excluding carboxylic acids is 2. The molecule has 0 fully saturated rings. The van der Waals surface area contributed by atoms with Gasteiger partial charge in [-0.25, -0.2) is 4.79 Å². The van der Waals surface area contributed by atoms with Crippen LogP contribution in [0.5, 0.6) is 0 Å². The average molecular weight is 509 g/mol. The van der Waals surface area contributed by atoms with Crippen LogP contribution in [0.25, 0.3) is 22.3 Å². The van der Waals surface area contributed by atoms with Crippen LogP contribution in [0.3, 0.4) is 0 Å². The van der Waals surface area contributed by atoms with Gasteiger partial charge in [0, 0.05) is 5.39 Å². The van der Waals surface area contributed by atoms with Gasteiger partial charge < -0.3 is 19.0 Å². The minimum Gasteiger partial charge on any atom is -0.464 e. The summed E-state index contributed by atoms with van der Waals surface area (Å²) in [5, 5.41) is 7.85. The summed E-state index contributed by atoms with van der Waals surface area (Å²) in [4.78, 5) is 25.4. The summed E-state index contributed by atoms with van der Waals surface area (Å²) in [5.74, 6) is 0.193. The Balaban J connectivity index is 1.40. The first-order chi connectivity index (χ1) is 18.3. The fourth-order valence-corrected chi connectivity index (χ4v) is 4.76. The zero-order valence-electron chi connectivity index (χ0n) is 21.7. The topological polar surface area (TPSA) is 94.6 Å². The maximum absolute atomic E-state index is 13.3. The largest absolute Gasteiger partial charge is 0.464 e. The van der Waals surface area contributed by atoms with Crippen LogP contribution >= 0.6 is 0 Å². The number of hydrogen-bond donors (Lipinski definition) is 1. The summed E-state index contributed by atoms with van der Waals surface area (Å²) in [6.45, 7) is 5.83. The Hall–Kier alpha value is -4.65. The number of ether oxygens (including phenoxy) is 1. The van der Waals surface area contributed by atoms with E-state index in [-0.39, 0.29) is 24.1 Å². The molecule has 5 rings (SSSR count). The maximum Gasteiger partial charge on any atom is 0.361 e. The average Bonchev–Trinajstić information content (AvgIpc) is 3.50. The van der Waals surface area contributed by atoms with Crippen LogP contribution in [0, 0.1) is 20.8 Å². The number of esters is 1. The molecule has 1 unspecified atom stereocenters. The molecule has 0 radical (unpaired) electrons. The number of aromatic nitrogens is 1. The molecule has 0 aliphatic rings. The third-order valence-electron chi connectivity index (χ3n) is 6.61. The molecule has 1 N–H and O–H groups in total. The number of nitrogens with zero attached hydrogens (tertiary/aromatic N) is 1. The van der Waals surface area contributed by atoms with Crippen LogP contribution < -0.4 is 5.32 Å². The Labute approximate surface area is 220 Å². The maximum atomic E-state index is 13.3. The lowest BCUT2D eigenvalue weighted by molar-refractivity contribution is -0.120. The van der Waals surface area contributed by atoms with Crippen molar-refractivity contribution in [2.24, 2.45) is 0 Å². The van der Waals surface area contributed by atoms with E-state index in [0.29, 0.717) is 22.7 Å². The van der Waals surface area contributed by atoms with Crippen LogP contribution in [0.1, 0.15) is 50.1 Å². The summed E-state index contributed by atoms with van der Waals surface area (Å²) in [6, 6.07) is 23.4. The van der Waals surface area contributed by atoms with E-state index in [4.69, 9.17) is 13.7 Å². The van der Waals surface area contributed by atoms with Crippen LogP contribution in [0.15, 0.2) is 81.7 Å². The Morgan fingerprint density at radius 3 is 2.50 bits per heavy atom. The smallest absolute Gasteiger partial charge is 0.361 e. The quantitative estimate of drug-likeness (QED) is 0.261. The van der Waals surface area contributed by atoms with Gasteiger partial charge in [0.05, 0.1) is 25.1 Å². The minimum atomic E-state index is -0.605. The van der Waals surface area contributed by atoms with Crippen molar-refractivity contribution in [1.29, 1.82) is 0 Å². The predicted octanol–water partition coefficient (Wildman–Crippen LogP) is 6.25. The van der Waals surface area contributed by atoms with Crippen molar-refractivity contribution in [3.63, 3.8) is 0 Å². The Bertz CT molecular complexity index is 1630. The number of rotatable bonds is 7. The molecule has 0 spiro atoms. The minimum absolute atomic E-state index is 0.0574. The lowest BCUT2D eigenvalue weighted by atomic mass is 9.93. The number of hydrogen-bond acceptors (Lipinski definition) is 6. The number of benzene rings is 3. The molecule has 5 aromatic rings. The zero-order valence-corrected chi connectivity index (χ0v) is 21.7. The Kier molecular flexibility index (Phi) is 6.83. The molecule has 7 nitrogen and oxygen atoms in total. The number of carbonyl (C=O) groups is 2. The number of methoxy groups -OCH3 is 1. The fourth-order valence-electron chi connectivity index (χ4n) is 4.76.